The molecule has 2 N–H and O–H groups in total. The summed E-state index contributed by atoms with van der Waals surface area (Å²) in [4.78, 5) is 23.5. The topological polar surface area (TPSA) is 95.6 Å². The van der Waals surface area contributed by atoms with Gasteiger partial charge in [0.05, 0.1) is 11.4 Å². The highest BCUT2D eigenvalue weighted by Crippen LogP contribution is 2.25. The number of benzene rings is 2. The fourth-order valence-electron chi connectivity index (χ4n) is 2.79. The van der Waals surface area contributed by atoms with Gasteiger partial charge in [-0.1, -0.05) is 6.07 Å². The van der Waals surface area contributed by atoms with Crippen LogP contribution < -0.4 is 14.9 Å². The number of nitrogens with one attached hydrogen (secondary N) is 2. The molecule has 0 aliphatic carbocycles. The molecule has 0 saturated carbocycles. The van der Waals surface area contributed by atoms with Crippen LogP contribution in [0.4, 0.5) is 17.1 Å². The number of hydrogen-bond acceptors (Lipinski definition) is 4. The monoisotopic (exact) mass is 373 g/mol. The summed E-state index contributed by atoms with van der Waals surface area (Å²) in [6, 6.07) is 13.3. The molecule has 2 aromatic carbocycles. The van der Waals surface area contributed by atoms with Crippen LogP contribution in [-0.4, -0.2) is 32.5 Å². The molecule has 26 heavy (non-hydrogen) atoms. The Balaban J connectivity index is 1.71. The Hall–Kier alpha value is -2.87. The molecule has 1 aliphatic rings. The minimum Gasteiger partial charge on any atom is -0.326 e. The van der Waals surface area contributed by atoms with E-state index in [1.807, 2.05) is 0 Å². The smallest absolute Gasteiger partial charge is 0.255 e. The lowest BCUT2D eigenvalue weighted by atomic mass is 10.1. The molecule has 7 nitrogen and oxygen atoms in total. The first-order valence-electron chi connectivity index (χ1n) is 8.15. The van der Waals surface area contributed by atoms with Crippen LogP contribution in [0.1, 0.15) is 23.7 Å². The largest absolute Gasteiger partial charge is 0.326 e. The number of amides is 2. The van der Waals surface area contributed by atoms with Gasteiger partial charge in [-0.25, -0.2) is 8.42 Å². The van der Waals surface area contributed by atoms with E-state index in [-0.39, 0.29) is 17.6 Å². The third-order valence-electron chi connectivity index (χ3n) is 3.96. The quantitative estimate of drug-likeness (QED) is 0.860. The van der Waals surface area contributed by atoms with Crippen LogP contribution in [0.25, 0.3) is 0 Å². The van der Waals surface area contributed by atoms with Gasteiger partial charge in [0.15, 0.2) is 0 Å². The van der Waals surface area contributed by atoms with Crippen molar-refractivity contribution >= 4 is 38.9 Å². The second-order valence-corrected chi connectivity index (χ2v) is 8.02. The van der Waals surface area contributed by atoms with Crippen molar-refractivity contribution in [1.29, 1.82) is 0 Å². The van der Waals surface area contributed by atoms with Crippen LogP contribution in [0.5, 0.6) is 0 Å². The zero-order valence-corrected chi connectivity index (χ0v) is 15.0. The highest BCUT2D eigenvalue weighted by molar-refractivity contribution is 7.93. The fraction of sp³-hybridized carbons (Fsp3) is 0.222. The average molecular weight is 373 g/mol. The molecule has 0 spiro atoms. The Morgan fingerprint density at radius 1 is 1.00 bits per heavy atom. The van der Waals surface area contributed by atoms with Gasteiger partial charge in [0, 0.05) is 30.4 Å². The normalized spacial score (nSPS) is 15.5. The van der Waals surface area contributed by atoms with Crippen LogP contribution >= 0.6 is 0 Å². The zero-order valence-electron chi connectivity index (χ0n) is 14.2. The van der Waals surface area contributed by atoms with Crippen molar-refractivity contribution in [2.24, 2.45) is 0 Å². The highest BCUT2D eigenvalue weighted by Gasteiger charge is 2.28. The molecular weight excluding hydrogens is 354 g/mol. The maximum Gasteiger partial charge on any atom is 0.255 e. The van der Waals surface area contributed by atoms with Crippen molar-refractivity contribution in [2.45, 2.75) is 13.3 Å². The standard InChI is InChI=1S/C18H19N3O4S/c1-13(22)19-16-5-2-4-14(12-16)18(23)20-15-6-8-17(9-7-15)21-10-3-11-26(21,24)25/h2,4-9,12H,3,10-11H2,1H3,(H,19,22)(H,20,23). The number of rotatable bonds is 4. The molecule has 0 atom stereocenters. The van der Waals surface area contributed by atoms with Gasteiger partial charge >= 0.3 is 0 Å². The minimum absolute atomic E-state index is 0.163. The lowest BCUT2D eigenvalue weighted by Crippen LogP contribution is -2.25. The fourth-order valence-corrected chi connectivity index (χ4v) is 4.35. The predicted molar refractivity (Wildman–Crippen MR) is 101 cm³/mol. The lowest BCUT2D eigenvalue weighted by molar-refractivity contribution is -0.114. The van der Waals surface area contributed by atoms with E-state index in [1.54, 1.807) is 48.5 Å². The van der Waals surface area contributed by atoms with Gasteiger partial charge in [-0.15, -0.1) is 0 Å². The first kappa shape index (κ1) is 17.9. The highest BCUT2D eigenvalue weighted by atomic mass is 32.2. The number of sulfonamides is 1. The van der Waals surface area contributed by atoms with E-state index in [9.17, 15) is 18.0 Å². The van der Waals surface area contributed by atoms with E-state index in [0.717, 1.165) is 0 Å². The Bertz CT molecular complexity index is 939. The van der Waals surface area contributed by atoms with E-state index in [2.05, 4.69) is 10.6 Å². The molecule has 1 aliphatic heterocycles. The van der Waals surface area contributed by atoms with Crippen LogP contribution in [0.15, 0.2) is 48.5 Å². The van der Waals surface area contributed by atoms with Crippen molar-refractivity contribution in [2.75, 3.05) is 27.2 Å². The molecule has 1 saturated heterocycles. The average Bonchev–Trinajstić information content (AvgIpc) is 2.94. The van der Waals surface area contributed by atoms with Crippen molar-refractivity contribution in [3.63, 3.8) is 0 Å². The predicted octanol–water partition coefficient (Wildman–Crippen LogP) is 2.44. The molecule has 1 heterocycles. The molecular formula is C18H19N3O4S. The van der Waals surface area contributed by atoms with Gasteiger partial charge in [0.2, 0.25) is 15.9 Å². The van der Waals surface area contributed by atoms with Gasteiger partial charge < -0.3 is 10.6 Å². The number of nitrogens with zero attached hydrogens (tertiary/aromatic N) is 1. The van der Waals surface area contributed by atoms with Crippen molar-refractivity contribution < 1.29 is 18.0 Å². The third kappa shape index (κ3) is 4.02. The molecule has 0 bridgehead atoms. The van der Waals surface area contributed by atoms with Gasteiger partial charge in [0.25, 0.3) is 5.91 Å². The summed E-state index contributed by atoms with van der Waals surface area (Å²) in [7, 11) is -3.22. The summed E-state index contributed by atoms with van der Waals surface area (Å²) in [5.74, 6) is -0.371. The molecule has 136 valence electrons. The number of anilines is 3. The Morgan fingerprint density at radius 2 is 1.73 bits per heavy atom. The summed E-state index contributed by atoms with van der Waals surface area (Å²) in [5, 5.41) is 5.39. The number of hydrogen-bond donors (Lipinski definition) is 2. The maximum absolute atomic E-state index is 12.4. The van der Waals surface area contributed by atoms with Crippen LogP contribution in [0.2, 0.25) is 0 Å². The van der Waals surface area contributed by atoms with Crippen molar-refractivity contribution in [1.82, 2.24) is 0 Å². The van der Waals surface area contributed by atoms with Gasteiger partial charge in [-0.2, -0.15) is 0 Å². The molecule has 2 amide bonds. The molecule has 2 aromatic rings. The van der Waals surface area contributed by atoms with E-state index in [1.165, 1.54) is 11.2 Å². The minimum atomic E-state index is -3.22. The van der Waals surface area contributed by atoms with E-state index >= 15 is 0 Å². The maximum atomic E-state index is 12.4. The molecule has 3 rings (SSSR count). The molecule has 0 radical (unpaired) electrons. The Morgan fingerprint density at radius 3 is 2.35 bits per heavy atom. The van der Waals surface area contributed by atoms with E-state index < -0.39 is 10.0 Å². The SMILES string of the molecule is CC(=O)Nc1cccc(C(=O)Nc2ccc(N3CCCS3(=O)=O)cc2)c1. The third-order valence-corrected chi connectivity index (χ3v) is 5.83. The Labute approximate surface area is 152 Å². The number of carbonyl (C=O) groups is 2. The molecule has 0 aromatic heterocycles. The summed E-state index contributed by atoms with van der Waals surface area (Å²) in [6.45, 7) is 1.87. The number of carbonyl (C=O) groups excluding carboxylic acids is 2. The van der Waals surface area contributed by atoms with Gasteiger partial charge in [-0.05, 0) is 48.9 Å². The van der Waals surface area contributed by atoms with Gasteiger partial charge in [0.1, 0.15) is 0 Å². The molecule has 8 heteroatoms. The second-order valence-electron chi connectivity index (χ2n) is 6.00. The van der Waals surface area contributed by atoms with E-state index in [0.29, 0.717) is 35.6 Å². The summed E-state index contributed by atoms with van der Waals surface area (Å²) >= 11 is 0. The summed E-state index contributed by atoms with van der Waals surface area (Å²) in [6.07, 6.45) is 0.617. The molecule has 0 unspecified atom stereocenters. The van der Waals surface area contributed by atoms with E-state index in [4.69, 9.17) is 0 Å². The van der Waals surface area contributed by atoms with Crippen molar-refractivity contribution in [3.8, 4) is 0 Å². The summed E-state index contributed by atoms with van der Waals surface area (Å²) in [5.41, 5.74) is 2.09. The summed E-state index contributed by atoms with van der Waals surface area (Å²) < 4.78 is 25.3. The molecule has 1 fully saturated rings. The Kier molecular flexibility index (Phi) is 4.94. The zero-order chi connectivity index (χ0) is 18.7. The first-order chi connectivity index (χ1) is 12.3. The second kappa shape index (κ2) is 7.17. The van der Waals surface area contributed by atoms with Crippen LogP contribution in [-0.2, 0) is 14.8 Å². The van der Waals surface area contributed by atoms with Crippen LogP contribution in [0, 0.1) is 0 Å². The van der Waals surface area contributed by atoms with Gasteiger partial charge in [-0.3, -0.25) is 13.9 Å². The van der Waals surface area contributed by atoms with Crippen molar-refractivity contribution in [3.05, 3.63) is 54.1 Å². The first-order valence-corrected chi connectivity index (χ1v) is 9.75. The lowest BCUT2D eigenvalue weighted by Gasteiger charge is -2.17. The van der Waals surface area contributed by atoms with Crippen LogP contribution in [0.3, 0.4) is 0 Å².